The Kier molecular flexibility index (Phi) is 7.04. The predicted molar refractivity (Wildman–Crippen MR) is 132 cm³/mol. The van der Waals surface area contributed by atoms with Crippen LogP contribution in [-0.4, -0.2) is 79.9 Å². The molecule has 184 valence electrons. The van der Waals surface area contributed by atoms with Crippen LogP contribution in [0.1, 0.15) is 55.3 Å². The maximum absolute atomic E-state index is 13.2. The largest absolute Gasteiger partial charge is 0.366 e. The normalized spacial score (nSPS) is 21.9. The maximum atomic E-state index is 13.2. The minimum atomic E-state index is 0.0188. The zero-order chi connectivity index (χ0) is 23.5. The van der Waals surface area contributed by atoms with Crippen molar-refractivity contribution in [3.63, 3.8) is 0 Å². The van der Waals surface area contributed by atoms with E-state index in [4.69, 9.17) is 0 Å². The summed E-state index contributed by atoms with van der Waals surface area (Å²) in [7, 11) is 0. The summed E-state index contributed by atoms with van der Waals surface area (Å²) in [5.41, 5.74) is 2.28. The van der Waals surface area contributed by atoms with Gasteiger partial charge in [0.25, 0.3) is 5.91 Å². The summed E-state index contributed by atoms with van der Waals surface area (Å²) in [5, 5.41) is 6.49. The molecule has 0 atom stereocenters. The molecule has 2 heterocycles. The van der Waals surface area contributed by atoms with Gasteiger partial charge in [-0.25, -0.2) is 0 Å². The second-order valence-electron chi connectivity index (χ2n) is 10.2. The molecule has 2 aliphatic heterocycles. The second kappa shape index (κ2) is 10.3. The Morgan fingerprint density at radius 3 is 2.21 bits per heavy atom. The lowest BCUT2D eigenvalue weighted by Crippen LogP contribution is -2.51. The summed E-state index contributed by atoms with van der Waals surface area (Å²) < 4.78 is 0. The molecule has 0 aromatic heterocycles. The van der Waals surface area contributed by atoms with Gasteiger partial charge in [-0.05, 0) is 56.8 Å². The van der Waals surface area contributed by atoms with Gasteiger partial charge in [0.05, 0.1) is 11.4 Å². The van der Waals surface area contributed by atoms with Gasteiger partial charge in [0.2, 0.25) is 11.8 Å². The van der Waals surface area contributed by atoms with Gasteiger partial charge in [-0.2, -0.15) is 0 Å². The van der Waals surface area contributed by atoms with Crippen molar-refractivity contribution in [3.05, 3.63) is 23.8 Å². The molecule has 0 spiro atoms. The lowest BCUT2D eigenvalue weighted by atomic mass is 9.84. The summed E-state index contributed by atoms with van der Waals surface area (Å²) in [5.74, 6) is 0.668. The molecule has 34 heavy (non-hydrogen) atoms. The number of nitrogens with one attached hydrogen (secondary N) is 2. The molecule has 2 saturated heterocycles. The van der Waals surface area contributed by atoms with Crippen LogP contribution < -0.4 is 15.5 Å². The van der Waals surface area contributed by atoms with Crippen molar-refractivity contribution in [1.29, 1.82) is 0 Å². The van der Waals surface area contributed by atoms with Crippen molar-refractivity contribution in [2.75, 3.05) is 62.6 Å². The number of carbonyl (C=O) groups excluding carboxylic acids is 3. The number of piperazine rings is 1. The molecule has 0 unspecified atom stereocenters. The zero-order valence-corrected chi connectivity index (χ0v) is 20.1. The third kappa shape index (κ3) is 4.92. The number of hydrogen-bond acceptors (Lipinski definition) is 5. The van der Waals surface area contributed by atoms with Gasteiger partial charge < -0.3 is 25.3 Å². The third-order valence-electron chi connectivity index (χ3n) is 7.99. The molecule has 2 N–H and O–H groups in total. The van der Waals surface area contributed by atoms with Crippen molar-refractivity contribution in [3.8, 4) is 0 Å². The molecular formula is C26H37N5O3. The van der Waals surface area contributed by atoms with Gasteiger partial charge in [0.1, 0.15) is 0 Å². The van der Waals surface area contributed by atoms with Crippen LogP contribution in [0.4, 0.5) is 11.4 Å². The van der Waals surface area contributed by atoms with Gasteiger partial charge in [0, 0.05) is 63.2 Å². The first-order valence-corrected chi connectivity index (χ1v) is 13.1. The lowest BCUT2D eigenvalue weighted by Gasteiger charge is -2.39. The highest BCUT2D eigenvalue weighted by Crippen LogP contribution is 2.33. The Labute approximate surface area is 202 Å². The summed E-state index contributed by atoms with van der Waals surface area (Å²) >= 11 is 0. The van der Waals surface area contributed by atoms with Crippen molar-refractivity contribution in [2.24, 2.45) is 11.8 Å². The Bertz CT molecular complexity index is 911. The predicted octanol–water partition coefficient (Wildman–Crippen LogP) is 2.31. The van der Waals surface area contributed by atoms with Crippen LogP contribution in [0, 0.1) is 11.8 Å². The van der Waals surface area contributed by atoms with Gasteiger partial charge in [0.15, 0.2) is 0 Å². The second-order valence-corrected chi connectivity index (χ2v) is 10.2. The van der Waals surface area contributed by atoms with Crippen molar-refractivity contribution in [1.82, 2.24) is 15.1 Å². The summed E-state index contributed by atoms with van der Waals surface area (Å²) in [6.07, 6.45) is 7.13. The molecule has 0 bridgehead atoms. The highest BCUT2D eigenvalue weighted by molar-refractivity contribution is 6.00. The van der Waals surface area contributed by atoms with Gasteiger partial charge in [-0.3, -0.25) is 14.4 Å². The van der Waals surface area contributed by atoms with Crippen LogP contribution in [0.15, 0.2) is 18.2 Å². The van der Waals surface area contributed by atoms with Crippen LogP contribution in [0.2, 0.25) is 0 Å². The Hall–Kier alpha value is -2.61. The number of anilines is 2. The number of hydrogen-bond donors (Lipinski definition) is 2. The molecule has 4 fully saturated rings. The minimum Gasteiger partial charge on any atom is -0.366 e. The topological polar surface area (TPSA) is 85.0 Å². The molecular weight excluding hydrogens is 430 g/mol. The van der Waals surface area contributed by atoms with Crippen LogP contribution in [0.3, 0.4) is 0 Å². The quantitative estimate of drug-likeness (QED) is 0.694. The van der Waals surface area contributed by atoms with Crippen molar-refractivity contribution in [2.45, 2.75) is 44.9 Å². The van der Waals surface area contributed by atoms with E-state index in [1.165, 1.54) is 6.42 Å². The van der Waals surface area contributed by atoms with Gasteiger partial charge in [-0.15, -0.1) is 0 Å². The molecule has 8 heteroatoms. The van der Waals surface area contributed by atoms with Crippen LogP contribution >= 0.6 is 0 Å². The fraction of sp³-hybridized carbons (Fsp3) is 0.654. The number of nitrogens with zero attached hydrogens (tertiary/aromatic N) is 3. The Balaban J connectivity index is 1.32. The Morgan fingerprint density at radius 2 is 1.53 bits per heavy atom. The van der Waals surface area contributed by atoms with Crippen LogP contribution in [0.25, 0.3) is 0 Å². The van der Waals surface area contributed by atoms with E-state index in [9.17, 15) is 14.4 Å². The van der Waals surface area contributed by atoms with E-state index in [0.717, 1.165) is 82.6 Å². The first-order valence-electron chi connectivity index (χ1n) is 13.1. The number of benzene rings is 1. The smallest absolute Gasteiger partial charge is 0.253 e. The van der Waals surface area contributed by atoms with Gasteiger partial charge >= 0.3 is 0 Å². The third-order valence-corrected chi connectivity index (χ3v) is 7.99. The van der Waals surface area contributed by atoms with E-state index in [0.29, 0.717) is 31.1 Å². The lowest BCUT2D eigenvalue weighted by molar-refractivity contribution is -0.138. The molecule has 0 radical (unpaired) electrons. The first-order chi connectivity index (χ1) is 16.6. The minimum absolute atomic E-state index is 0.0188. The summed E-state index contributed by atoms with van der Waals surface area (Å²) in [4.78, 5) is 44.8. The molecule has 4 aliphatic rings. The van der Waals surface area contributed by atoms with E-state index in [1.54, 1.807) is 0 Å². The van der Waals surface area contributed by atoms with E-state index in [-0.39, 0.29) is 23.7 Å². The highest BCUT2D eigenvalue weighted by atomic mass is 16.2. The molecule has 3 amide bonds. The Morgan fingerprint density at radius 1 is 0.794 bits per heavy atom. The molecule has 2 aliphatic carbocycles. The number of amides is 3. The highest BCUT2D eigenvalue weighted by Gasteiger charge is 2.32. The summed E-state index contributed by atoms with van der Waals surface area (Å²) in [6, 6.07) is 5.72. The van der Waals surface area contributed by atoms with Crippen LogP contribution in [0.5, 0.6) is 0 Å². The first kappa shape index (κ1) is 23.1. The van der Waals surface area contributed by atoms with E-state index in [2.05, 4.69) is 15.5 Å². The van der Waals surface area contributed by atoms with Gasteiger partial charge in [-0.1, -0.05) is 12.8 Å². The summed E-state index contributed by atoms with van der Waals surface area (Å²) in [6.45, 7) is 6.04. The SMILES string of the molecule is O=C(Nc1cc(C(=O)N2CCCNCC2)ccc1N1CCN(C(=O)C2CCC2)CC1)C1CCC1. The van der Waals surface area contributed by atoms with E-state index >= 15 is 0 Å². The number of carbonyl (C=O) groups is 3. The average molecular weight is 468 g/mol. The zero-order valence-electron chi connectivity index (χ0n) is 20.1. The fourth-order valence-electron chi connectivity index (χ4n) is 5.26. The molecule has 8 nitrogen and oxygen atoms in total. The molecule has 1 aromatic rings. The molecule has 2 saturated carbocycles. The van der Waals surface area contributed by atoms with Crippen molar-refractivity contribution < 1.29 is 14.4 Å². The monoisotopic (exact) mass is 467 g/mol. The van der Waals surface area contributed by atoms with Crippen molar-refractivity contribution >= 4 is 29.1 Å². The average Bonchev–Trinajstić information content (AvgIpc) is 3.06. The molecule has 5 rings (SSSR count). The number of rotatable bonds is 5. The van der Waals surface area contributed by atoms with E-state index in [1.807, 2.05) is 28.0 Å². The van der Waals surface area contributed by atoms with Crippen LogP contribution in [-0.2, 0) is 9.59 Å². The molecule has 1 aromatic carbocycles. The fourth-order valence-corrected chi connectivity index (χ4v) is 5.26. The maximum Gasteiger partial charge on any atom is 0.253 e. The van der Waals surface area contributed by atoms with E-state index < -0.39 is 0 Å². The standard InChI is InChI=1S/C26H37N5O3/c32-24(19-4-1-5-19)28-22-18-21(26(34)30-12-3-10-27-11-13-30)8-9-23(22)29-14-16-31(17-15-29)25(33)20-6-2-7-20/h8-9,18-20,27H,1-7,10-17H2,(H,28,32).